The normalized spacial score (nSPS) is 15.2. The molecule has 0 unspecified atom stereocenters. The van der Waals surface area contributed by atoms with Gasteiger partial charge >= 0.3 is 0 Å². The van der Waals surface area contributed by atoms with Crippen LogP contribution in [0.25, 0.3) is 0 Å². The predicted octanol–water partition coefficient (Wildman–Crippen LogP) is 1.85. The lowest BCUT2D eigenvalue weighted by atomic mass is 10.1. The van der Waals surface area contributed by atoms with Crippen LogP contribution in [0.15, 0.2) is 12.1 Å². The van der Waals surface area contributed by atoms with Gasteiger partial charge in [0.05, 0.1) is 6.61 Å². The largest absolute Gasteiger partial charge is 0.478 e. The predicted molar refractivity (Wildman–Crippen MR) is 68.2 cm³/mol. The molecule has 0 saturated carbocycles. The van der Waals surface area contributed by atoms with Gasteiger partial charge in [0.15, 0.2) is 24.0 Å². The van der Waals surface area contributed by atoms with Gasteiger partial charge in [-0.3, -0.25) is 4.79 Å². The van der Waals surface area contributed by atoms with Crippen LogP contribution in [-0.4, -0.2) is 35.6 Å². The molecule has 1 saturated heterocycles. The van der Waals surface area contributed by atoms with E-state index in [0.717, 1.165) is 31.4 Å². The van der Waals surface area contributed by atoms with Crippen LogP contribution < -0.4 is 4.74 Å². The van der Waals surface area contributed by atoms with Crippen LogP contribution >= 0.6 is 0 Å². The van der Waals surface area contributed by atoms with Crippen LogP contribution in [0.5, 0.6) is 5.75 Å². The smallest absolute Gasteiger partial charge is 0.260 e. The summed E-state index contributed by atoms with van der Waals surface area (Å²) in [5.41, 5.74) is 0.120. The molecule has 4 nitrogen and oxygen atoms in total. The molecule has 1 aliphatic heterocycles. The number of aliphatic hydroxyl groups is 1. The first-order chi connectivity index (χ1) is 9.61. The molecule has 1 aromatic rings. The van der Waals surface area contributed by atoms with E-state index in [-0.39, 0.29) is 18.1 Å². The quantitative estimate of drug-likeness (QED) is 0.918. The molecule has 20 heavy (non-hydrogen) atoms. The average Bonchev–Trinajstić information content (AvgIpc) is 2.46. The summed E-state index contributed by atoms with van der Waals surface area (Å²) in [6.45, 7) is 0.486. The Morgan fingerprint density at radius 1 is 1.20 bits per heavy atom. The highest BCUT2D eigenvalue weighted by Crippen LogP contribution is 2.23. The number of carbonyl (C=O) groups excluding carboxylic acids is 1. The molecule has 1 N–H and O–H groups in total. The Kier molecular flexibility index (Phi) is 4.89. The molecular weight excluding hydrogens is 268 g/mol. The van der Waals surface area contributed by atoms with Crippen molar-refractivity contribution in [2.24, 2.45) is 0 Å². The first kappa shape index (κ1) is 14.7. The molecule has 110 valence electrons. The van der Waals surface area contributed by atoms with Gasteiger partial charge in [-0.2, -0.15) is 0 Å². The molecule has 6 heteroatoms. The molecule has 0 aliphatic carbocycles. The number of benzene rings is 1. The lowest BCUT2D eigenvalue weighted by Crippen LogP contribution is -2.38. The third-order valence-corrected chi connectivity index (χ3v) is 3.29. The number of amides is 1. The number of likely N-dealkylation sites (tertiary alicyclic amines) is 1. The van der Waals surface area contributed by atoms with Crippen molar-refractivity contribution in [1.82, 2.24) is 4.90 Å². The monoisotopic (exact) mass is 285 g/mol. The maximum Gasteiger partial charge on any atom is 0.260 e. The minimum absolute atomic E-state index is 0.120. The third-order valence-electron chi connectivity index (χ3n) is 3.29. The summed E-state index contributed by atoms with van der Waals surface area (Å²) in [6, 6.07) is 1.98. The fourth-order valence-corrected chi connectivity index (χ4v) is 2.21. The number of piperidine rings is 1. The van der Waals surface area contributed by atoms with E-state index in [2.05, 4.69) is 0 Å². The van der Waals surface area contributed by atoms with Crippen molar-refractivity contribution in [1.29, 1.82) is 0 Å². The van der Waals surface area contributed by atoms with Crippen molar-refractivity contribution in [2.75, 3.05) is 19.7 Å². The van der Waals surface area contributed by atoms with Crippen LogP contribution in [0, 0.1) is 11.6 Å². The second kappa shape index (κ2) is 6.65. The second-order valence-electron chi connectivity index (χ2n) is 4.78. The summed E-state index contributed by atoms with van der Waals surface area (Å²) in [5.74, 6) is -2.68. The summed E-state index contributed by atoms with van der Waals surface area (Å²) >= 11 is 0. The van der Waals surface area contributed by atoms with E-state index in [1.165, 1.54) is 0 Å². The summed E-state index contributed by atoms with van der Waals surface area (Å²) in [7, 11) is 0. The van der Waals surface area contributed by atoms with Gasteiger partial charge in [0.25, 0.3) is 5.91 Å². The average molecular weight is 285 g/mol. The first-order valence-corrected chi connectivity index (χ1v) is 6.61. The fraction of sp³-hybridized carbons (Fsp3) is 0.500. The highest BCUT2D eigenvalue weighted by atomic mass is 19.1. The van der Waals surface area contributed by atoms with Crippen LogP contribution in [0.1, 0.15) is 24.8 Å². The van der Waals surface area contributed by atoms with Crippen molar-refractivity contribution in [3.8, 4) is 5.75 Å². The lowest BCUT2D eigenvalue weighted by molar-refractivity contribution is -0.134. The zero-order valence-corrected chi connectivity index (χ0v) is 11.1. The van der Waals surface area contributed by atoms with Gasteiger partial charge in [-0.15, -0.1) is 0 Å². The summed E-state index contributed by atoms with van der Waals surface area (Å²) < 4.78 is 32.1. The molecule has 1 amide bonds. The van der Waals surface area contributed by atoms with Crippen LogP contribution in [-0.2, 0) is 11.4 Å². The number of halogens is 2. The van der Waals surface area contributed by atoms with Gasteiger partial charge < -0.3 is 14.7 Å². The van der Waals surface area contributed by atoms with Gasteiger partial charge in [-0.05, 0) is 37.0 Å². The third kappa shape index (κ3) is 3.45. The van der Waals surface area contributed by atoms with Gasteiger partial charge in [0, 0.05) is 13.1 Å². The number of hydrogen-bond donors (Lipinski definition) is 1. The van der Waals surface area contributed by atoms with Crippen molar-refractivity contribution < 1.29 is 23.4 Å². The van der Waals surface area contributed by atoms with Crippen LogP contribution in [0.3, 0.4) is 0 Å². The van der Waals surface area contributed by atoms with E-state index in [1.807, 2.05) is 0 Å². The summed E-state index contributed by atoms with van der Waals surface area (Å²) in [6.07, 6.45) is 2.98. The van der Waals surface area contributed by atoms with E-state index in [0.29, 0.717) is 13.1 Å². The highest BCUT2D eigenvalue weighted by molar-refractivity contribution is 5.77. The van der Waals surface area contributed by atoms with E-state index in [1.54, 1.807) is 4.90 Å². The number of rotatable bonds is 4. The van der Waals surface area contributed by atoms with E-state index in [9.17, 15) is 13.6 Å². The SMILES string of the molecule is O=C(COc1c(F)cc(CO)cc1F)N1CCCCC1. The van der Waals surface area contributed by atoms with Crippen LogP contribution in [0.4, 0.5) is 8.78 Å². The Labute approximate surface area is 116 Å². The number of aliphatic hydroxyl groups excluding tert-OH is 1. The number of hydrogen-bond acceptors (Lipinski definition) is 3. The number of carbonyl (C=O) groups is 1. The molecule has 0 spiro atoms. The molecule has 0 atom stereocenters. The number of ether oxygens (including phenoxy) is 1. The Bertz CT molecular complexity index is 464. The Balaban J connectivity index is 1.98. The van der Waals surface area contributed by atoms with Gasteiger partial charge in [-0.25, -0.2) is 8.78 Å². The Morgan fingerprint density at radius 3 is 2.35 bits per heavy atom. The second-order valence-corrected chi connectivity index (χ2v) is 4.78. The molecule has 1 aromatic carbocycles. The highest BCUT2D eigenvalue weighted by Gasteiger charge is 2.19. The molecule has 1 heterocycles. The minimum Gasteiger partial charge on any atom is -0.478 e. The minimum atomic E-state index is -0.916. The van der Waals surface area contributed by atoms with E-state index < -0.39 is 24.0 Å². The first-order valence-electron chi connectivity index (χ1n) is 6.61. The Morgan fingerprint density at radius 2 is 1.80 bits per heavy atom. The maximum atomic E-state index is 13.6. The van der Waals surface area contributed by atoms with Crippen molar-refractivity contribution in [3.63, 3.8) is 0 Å². The summed E-state index contributed by atoms with van der Waals surface area (Å²) in [5, 5.41) is 8.83. The van der Waals surface area contributed by atoms with Gasteiger partial charge in [-0.1, -0.05) is 0 Å². The van der Waals surface area contributed by atoms with E-state index >= 15 is 0 Å². The van der Waals surface area contributed by atoms with Crippen molar-refractivity contribution in [2.45, 2.75) is 25.9 Å². The zero-order chi connectivity index (χ0) is 14.5. The van der Waals surface area contributed by atoms with Gasteiger partial charge in [0.1, 0.15) is 0 Å². The molecule has 0 bridgehead atoms. The summed E-state index contributed by atoms with van der Waals surface area (Å²) in [4.78, 5) is 13.5. The molecule has 2 rings (SSSR count). The fourth-order valence-electron chi connectivity index (χ4n) is 2.21. The van der Waals surface area contributed by atoms with Crippen LogP contribution in [0.2, 0.25) is 0 Å². The van der Waals surface area contributed by atoms with Crippen molar-refractivity contribution >= 4 is 5.91 Å². The standard InChI is InChI=1S/C14H17F2NO3/c15-11-6-10(8-18)7-12(16)14(11)20-9-13(19)17-4-2-1-3-5-17/h6-7,18H,1-5,8-9H2. The maximum absolute atomic E-state index is 13.6. The zero-order valence-electron chi connectivity index (χ0n) is 11.1. The van der Waals surface area contributed by atoms with Crippen molar-refractivity contribution in [3.05, 3.63) is 29.3 Å². The van der Waals surface area contributed by atoms with Gasteiger partial charge in [0.2, 0.25) is 0 Å². The van der Waals surface area contributed by atoms with E-state index in [4.69, 9.17) is 9.84 Å². The molecule has 0 radical (unpaired) electrons. The molecule has 1 fully saturated rings. The Hall–Kier alpha value is -1.69. The lowest BCUT2D eigenvalue weighted by Gasteiger charge is -2.26. The topological polar surface area (TPSA) is 49.8 Å². The number of nitrogens with zero attached hydrogens (tertiary/aromatic N) is 1. The molecular formula is C14H17F2NO3. The molecule has 0 aromatic heterocycles. The molecule has 1 aliphatic rings.